The number of aromatic nitrogens is 1. The highest BCUT2D eigenvalue weighted by atomic mass is 32.2. The van der Waals surface area contributed by atoms with Crippen molar-refractivity contribution < 1.29 is 27.1 Å². The maximum absolute atomic E-state index is 14.3. The summed E-state index contributed by atoms with van der Waals surface area (Å²) in [6.45, 7) is 5.22. The van der Waals surface area contributed by atoms with E-state index in [1.807, 2.05) is 19.1 Å². The van der Waals surface area contributed by atoms with Gasteiger partial charge in [-0.15, -0.1) is 0 Å². The molecule has 0 aliphatic heterocycles. The predicted octanol–water partition coefficient (Wildman–Crippen LogP) is 3.94. The Morgan fingerprint density at radius 3 is 2.44 bits per heavy atom. The number of H-pyrrole nitrogens is 1. The summed E-state index contributed by atoms with van der Waals surface area (Å²) in [5, 5.41) is 0.712. The van der Waals surface area contributed by atoms with Crippen molar-refractivity contribution in [2.45, 2.75) is 32.1 Å². The van der Waals surface area contributed by atoms with Crippen LogP contribution in [0.15, 0.2) is 47.5 Å². The van der Waals surface area contributed by atoms with Crippen molar-refractivity contribution in [2.75, 3.05) is 19.7 Å². The number of sulfonamides is 1. The molecular weight excluding hydrogens is 435 g/mol. The Bertz CT molecular complexity index is 1260. The van der Waals surface area contributed by atoms with Gasteiger partial charge in [-0.3, -0.25) is 4.79 Å². The molecule has 0 bridgehead atoms. The van der Waals surface area contributed by atoms with E-state index in [0.29, 0.717) is 10.9 Å². The van der Waals surface area contributed by atoms with Crippen molar-refractivity contribution in [3.63, 3.8) is 0 Å². The van der Waals surface area contributed by atoms with Crippen LogP contribution in [0, 0.1) is 5.82 Å². The minimum atomic E-state index is -3.88. The van der Waals surface area contributed by atoms with Crippen molar-refractivity contribution in [2.24, 2.45) is 0 Å². The molecule has 7 nitrogen and oxygen atoms in total. The number of aromatic amines is 1. The Labute approximate surface area is 186 Å². The van der Waals surface area contributed by atoms with Gasteiger partial charge in [0, 0.05) is 35.8 Å². The molecule has 0 aliphatic carbocycles. The quantitative estimate of drug-likeness (QED) is 0.385. The van der Waals surface area contributed by atoms with E-state index >= 15 is 0 Å². The average molecular weight is 461 g/mol. The highest BCUT2D eigenvalue weighted by molar-refractivity contribution is 7.89. The molecule has 0 amide bonds. The molecule has 170 valence electrons. The van der Waals surface area contributed by atoms with Gasteiger partial charge in [0.15, 0.2) is 6.61 Å². The smallest absolute Gasteiger partial charge is 0.341 e. The number of esters is 1. The summed E-state index contributed by atoms with van der Waals surface area (Å²) in [7, 11) is -3.88. The van der Waals surface area contributed by atoms with Crippen molar-refractivity contribution in [3.8, 4) is 0 Å². The zero-order chi connectivity index (χ0) is 23.5. The van der Waals surface area contributed by atoms with Crippen LogP contribution >= 0.6 is 0 Å². The third-order valence-corrected chi connectivity index (χ3v) is 7.36. The largest absolute Gasteiger partial charge is 0.454 e. The molecule has 0 aliphatic rings. The first-order valence-corrected chi connectivity index (χ1v) is 11.8. The van der Waals surface area contributed by atoms with Gasteiger partial charge in [0.1, 0.15) is 5.82 Å². The van der Waals surface area contributed by atoms with Crippen LogP contribution < -0.4 is 0 Å². The molecule has 0 radical (unpaired) electrons. The van der Waals surface area contributed by atoms with Crippen molar-refractivity contribution in [1.29, 1.82) is 0 Å². The van der Waals surface area contributed by atoms with E-state index in [4.69, 9.17) is 4.74 Å². The average Bonchev–Trinajstić information content (AvgIpc) is 3.22. The third kappa shape index (κ3) is 4.44. The number of halogens is 1. The number of Topliss-reactive ketones (excluding diaryl/α,β-unsaturated/α-hetero) is 1. The van der Waals surface area contributed by atoms with Crippen LogP contribution in [0.4, 0.5) is 4.39 Å². The molecule has 1 aromatic heterocycles. The minimum Gasteiger partial charge on any atom is -0.454 e. The Morgan fingerprint density at radius 2 is 1.78 bits per heavy atom. The lowest BCUT2D eigenvalue weighted by molar-refractivity contribution is 0.0470. The molecule has 0 spiro atoms. The second kappa shape index (κ2) is 9.62. The first-order valence-electron chi connectivity index (χ1n) is 10.3. The lowest BCUT2D eigenvalue weighted by Gasteiger charge is -2.18. The fourth-order valence-corrected chi connectivity index (χ4v) is 5.05. The summed E-state index contributed by atoms with van der Waals surface area (Å²) in [5.74, 6) is -2.49. The van der Waals surface area contributed by atoms with E-state index in [1.165, 1.54) is 4.31 Å². The van der Waals surface area contributed by atoms with Crippen LogP contribution in [0.25, 0.3) is 10.9 Å². The highest BCUT2D eigenvalue weighted by Crippen LogP contribution is 2.23. The number of benzene rings is 2. The zero-order valence-corrected chi connectivity index (χ0v) is 19.0. The number of hydrogen-bond donors (Lipinski definition) is 1. The molecule has 0 fully saturated rings. The van der Waals surface area contributed by atoms with Gasteiger partial charge in [-0.05, 0) is 30.2 Å². The molecule has 32 heavy (non-hydrogen) atoms. The molecule has 9 heteroatoms. The molecule has 0 unspecified atom stereocenters. The number of nitrogens with one attached hydrogen (secondary N) is 1. The lowest BCUT2D eigenvalue weighted by Crippen LogP contribution is -2.30. The fourth-order valence-electron chi connectivity index (χ4n) is 3.56. The summed E-state index contributed by atoms with van der Waals surface area (Å²) in [6.07, 6.45) is 2.34. The first-order chi connectivity index (χ1) is 15.2. The molecule has 0 atom stereocenters. The van der Waals surface area contributed by atoms with Crippen LogP contribution in [0.5, 0.6) is 0 Å². The number of hydrogen-bond acceptors (Lipinski definition) is 5. The summed E-state index contributed by atoms with van der Waals surface area (Å²) < 4.78 is 45.8. The number of nitrogens with zero attached hydrogens (tertiary/aromatic N) is 1. The summed E-state index contributed by atoms with van der Waals surface area (Å²) >= 11 is 0. The van der Waals surface area contributed by atoms with Gasteiger partial charge >= 0.3 is 5.97 Å². The number of fused-ring (bicyclic) bond motifs is 1. The van der Waals surface area contributed by atoms with Crippen molar-refractivity contribution in [3.05, 3.63) is 65.1 Å². The summed E-state index contributed by atoms with van der Waals surface area (Å²) in [6, 6.07) is 8.53. The van der Waals surface area contributed by atoms with E-state index in [0.717, 1.165) is 35.7 Å². The Balaban J connectivity index is 1.80. The summed E-state index contributed by atoms with van der Waals surface area (Å²) in [5.41, 5.74) is 1.71. The van der Waals surface area contributed by atoms with Crippen LogP contribution in [0.3, 0.4) is 0 Å². The second-order valence-electron chi connectivity index (χ2n) is 7.13. The number of ether oxygens (including phenoxy) is 1. The van der Waals surface area contributed by atoms with Crippen molar-refractivity contribution in [1.82, 2.24) is 9.29 Å². The molecular formula is C23H25FN2O5S. The predicted molar refractivity (Wildman–Crippen MR) is 119 cm³/mol. The molecule has 1 N–H and O–H groups in total. The van der Waals surface area contributed by atoms with Gasteiger partial charge < -0.3 is 9.72 Å². The number of para-hydroxylation sites is 1. The van der Waals surface area contributed by atoms with Gasteiger partial charge in [0.25, 0.3) is 0 Å². The van der Waals surface area contributed by atoms with E-state index in [1.54, 1.807) is 26.1 Å². The molecule has 0 saturated heterocycles. The Hall–Kier alpha value is -3.04. The minimum absolute atomic E-state index is 0.218. The van der Waals surface area contributed by atoms with E-state index in [-0.39, 0.29) is 18.0 Å². The van der Waals surface area contributed by atoms with Gasteiger partial charge in [-0.1, -0.05) is 39.0 Å². The van der Waals surface area contributed by atoms with Crippen LogP contribution in [0.1, 0.15) is 47.1 Å². The molecule has 3 aromatic rings. The van der Waals surface area contributed by atoms with Crippen molar-refractivity contribution >= 4 is 32.7 Å². The SMILES string of the molecule is CCc1cccc2c(C(=O)COC(=O)c3cc(S(=O)(=O)N(CC)CC)ccc3F)c[nH]c12. The lowest BCUT2D eigenvalue weighted by atomic mass is 10.1. The normalized spacial score (nSPS) is 11.8. The molecule has 3 rings (SSSR count). The van der Waals surface area contributed by atoms with Gasteiger partial charge in [0.05, 0.1) is 10.5 Å². The number of ketones is 1. The second-order valence-corrected chi connectivity index (χ2v) is 9.06. The number of rotatable bonds is 9. The van der Waals surface area contributed by atoms with E-state index in [9.17, 15) is 22.4 Å². The monoisotopic (exact) mass is 460 g/mol. The number of carbonyl (C=O) groups excluding carboxylic acids is 2. The summed E-state index contributed by atoms with van der Waals surface area (Å²) in [4.78, 5) is 28.0. The molecule has 0 saturated carbocycles. The third-order valence-electron chi connectivity index (χ3n) is 5.32. The standard InChI is InChI=1S/C23H25FN2O5S/c1-4-15-8-7-9-17-19(13-25-22(15)17)21(27)14-31-23(28)18-12-16(10-11-20(18)24)32(29,30)26(5-2)6-3/h7-13,25H,4-6,14H2,1-3H3. The van der Waals surface area contributed by atoms with Crippen LogP contribution in [-0.2, 0) is 21.2 Å². The van der Waals surface area contributed by atoms with Crippen LogP contribution in [0.2, 0.25) is 0 Å². The maximum Gasteiger partial charge on any atom is 0.341 e. The number of carbonyl (C=O) groups is 2. The number of aryl methyl sites for hydroxylation is 1. The topological polar surface area (TPSA) is 96.5 Å². The molecule has 1 heterocycles. The van der Waals surface area contributed by atoms with Gasteiger partial charge in [-0.25, -0.2) is 17.6 Å². The highest BCUT2D eigenvalue weighted by Gasteiger charge is 2.25. The van der Waals surface area contributed by atoms with Crippen LogP contribution in [-0.4, -0.2) is 49.2 Å². The molecule has 2 aromatic carbocycles. The van der Waals surface area contributed by atoms with E-state index < -0.39 is 39.8 Å². The van der Waals surface area contributed by atoms with Gasteiger partial charge in [0.2, 0.25) is 15.8 Å². The first kappa shape index (κ1) is 23.6. The van der Waals surface area contributed by atoms with Gasteiger partial charge in [-0.2, -0.15) is 4.31 Å². The van der Waals surface area contributed by atoms with E-state index in [2.05, 4.69) is 4.98 Å². The maximum atomic E-state index is 14.3. The Kier molecular flexibility index (Phi) is 7.10. The fraction of sp³-hybridized carbons (Fsp3) is 0.304. The zero-order valence-electron chi connectivity index (χ0n) is 18.1. The Morgan fingerprint density at radius 1 is 1.06 bits per heavy atom.